The molecule has 3 aromatic carbocycles. The number of nitrogens with one attached hydrogen (secondary N) is 2. The van der Waals surface area contributed by atoms with Crippen molar-refractivity contribution in [1.82, 2.24) is 15.4 Å². The number of halogens is 1. The van der Waals surface area contributed by atoms with Crippen molar-refractivity contribution in [2.75, 3.05) is 6.61 Å². The number of aromatic amines is 1. The monoisotopic (exact) mass is 432 g/mol. The average Bonchev–Trinajstić information content (AvgIpc) is 3.22. The molecule has 4 rings (SSSR count). The second-order valence-corrected chi connectivity index (χ2v) is 7.33. The summed E-state index contributed by atoms with van der Waals surface area (Å²) in [5.41, 5.74) is 6.34. The maximum atomic E-state index is 12.5. The van der Waals surface area contributed by atoms with E-state index in [9.17, 15) is 4.79 Å². The molecular weight excluding hydrogens is 412 g/mol. The molecule has 0 fully saturated rings. The van der Waals surface area contributed by atoms with Gasteiger partial charge in [0.15, 0.2) is 0 Å². The predicted octanol–water partition coefficient (Wildman–Crippen LogP) is 5.44. The summed E-state index contributed by atoms with van der Waals surface area (Å²) in [6, 6.07) is 20.5. The molecular formula is C24H21ClN4O2. The quantitative estimate of drug-likeness (QED) is 0.301. The summed E-state index contributed by atoms with van der Waals surface area (Å²) in [4.78, 5) is 20.3. The first-order chi connectivity index (χ1) is 15.1. The third-order valence-corrected chi connectivity index (χ3v) is 4.88. The van der Waals surface area contributed by atoms with Crippen LogP contribution in [0.3, 0.4) is 0 Å². The molecule has 0 aliphatic heterocycles. The number of amides is 1. The summed E-state index contributed by atoms with van der Waals surface area (Å²) in [5.74, 6) is 1.07. The number of hydrazone groups is 1. The standard InChI is InChI=1S/C24H21ClN4O2/c1-2-12-31-22-11-8-16(13-19(22)25)15-26-29-24(30)18-9-10-20-21(14-18)28-23(27-20)17-6-4-3-5-7-17/h3-11,13-15H,2,12H2,1H3,(H,27,28)(H,29,30)/b26-15+. The Hall–Kier alpha value is -3.64. The lowest BCUT2D eigenvalue weighted by Crippen LogP contribution is -2.17. The molecule has 6 nitrogen and oxygen atoms in total. The van der Waals surface area contributed by atoms with E-state index in [4.69, 9.17) is 16.3 Å². The molecule has 4 aromatic rings. The van der Waals surface area contributed by atoms with Crippen LogP contribution < -0.4 is 10.2 Å². The van der Waals surface area contributed by atoms with Crippen LogP contribution in [0.1, 0.15) is 29.3 Å². The number of imidazole rings is 1. The van der Waals surface area contributed by atoms with Crippen molar-refractivity contribution < 1.29 is 9.53 Å². The van der Waals surface area contributed by atoms with Gasteiger partial charge in [-0.1, -0.05) is 48.9 Å². The van der Waals surface area contributed by atoms with Crippen LogP contribution in [-0.4, -0.2) is 28.7 Å². The molecule has 156 valence electrons. The van der Waals surface area contributed by atoms with Crippen molar-refractivity contribution in [2.45, 2.75) is 13.3 Å². The average molecular weight is 433 g/mol. The normalized spacial score (nSPS) is 11.2. The minimum Gasteiger partial charge on any atom is -0.492 e. The SMILES string of the molecule is CCCOc1ccc(/C=N/NC(=O)c2ccc3nc(-c4ccccc4)[nH]c3c2)cc1Cl. The molecule has 0 radical (unpaired) electrons. The van der Waals surface area contributed by atoms with Crippen molar-refractivity contribution in [3.8, 4) is 17.1 Å². The lowest BCUT2D eigenvalue weighted by Gasteiger charge is -2.06. The highest BCUT2D eigenvalue weighted by Crippen LogP contribution is 2.25. The van der Waals surface area contributed by atoms with Crippen LogP contribution in [0.15, 0.2) is 71.8 Å². The molecule has 1 aromatic heterocycles. The first-order valence-corrected chi connectivity index (χ1v) is 10.3. The number of ether oxygens (including phenoxy) is 1. The van der Waals surface area contributed by atoms with E-state index in [0.29, 0.717) is 22.9 Å². The van der Waals surface area contributed by atoms with E-state index < -0.39 is 0 Å². The van der Waals surface area contributed by atoms with E-state index in [0.717, 1.165) is 34.4 Å². The van der Waals surface area contributed by atoms with Crippen LogP contribution in [0, 0.1) is 0 Å². The summed E-state index contributed by atoms with van der Waals surface area (Å²) in [5, 5.41) is 4.54. The fourth-order valence-electron chi connectivity index (χ4n) is 3.04. The molecule has 0 aliphatic rings. The van der Waals surface area contributed by atoms with Crippen LogP contribution in [0.25, 0.3) is 22.4 Å². The van der Waals surface area contributed by atoms with Crippen LogP contribution in [0.4, 0.5) is 0 Å². The Kier molecular flexibility index (Phi) is 6.29. The number of aromatic nitrogens is 2. The van der Waals surface area contributed by atoms with Crippen molar-refractivity contribution in [2.24, 2.45) is 5.10 Å². The summed E-state index contributed by atoms with van der Waals surface area (Å²) in [7, 11) is 0. The summed E-state index contributed by atoms with van der Waals surface area (Å²) >= 11 is 6.22. The fourth-order valence-corrected chi connectivity index (χ4v) is 3.28. The van der Waals surface area contributed by atoms with Gasteiger partial charge in [-0.15, -0.1) is 0 Å². The number of nitrogens with zero attached hydrogens (tertiary/aromatic N) is 2. The largest absolute Gasteiger partial charge is 0.492 e. The topological polar surface area (TPSA) is 79.4 Å². The van der Waals surface area contributed by atoms with Gasteiger partial charge in [0.2, 0.25) is 0 Å². The second kappa shape index (κ2) is 9.45. The number of carbonyl (C=O) groups excluding carboxylic acids is 1. The van der Waals surface area contributed by atoms with Crippen molar-refractivity contribution in [3.05, 3.63) is 82.9 Å². The Balaban J connectivity index is 1.44. The second-order valence-electron chi connectivity index (χ2n) is 6.92. The molecule has 0 atom stereocenters. The minimum absolute atomic E-state index is 0.317. The zero-order valence-electron chi connectivity index (χ0n) is 16.9. The molecule has 1 amide bonds. The third-order valence-electron chi connectivity index (χ3n) is 4.59. The Morgan fingerprint density at radius 3 is 2.77 bits per heavy atom. The number of hydrogen-bond donors (Lipinski definition) is 2. The summed E-state index contributed by atoms with van der Waals surface area (Å²) in [6.07, 6.45) is 2.44. The molecule has 1 heterocycles. The molecule has 0 bridgehead atoms. The van der Waals surface area contributed by atoms with E-state index in [1.54, 1.807) is 24.3 Å². The molecule has 0 spiro atoms. The molecule has 0 saturated heterocycles. The zero-order chi connectivity index (χ0) is 21.6. The van der Waals surface area contributed by atoms with Crippen molar-refractivity contribution in [3.63, 3.8) is 0 Å². The van der Waals surface area contributed by atoms with E-state index in [1.807, 2.05) is 49.4 Å². The minimum atomic E-state index is -0.317. The maximum Gasteiger partial charge on any atom is 0.271 e. The summed E-state index contributed by atoms with van der Waals surface area (Å²) < 4.78 is 5.55. The Morgan fingerprint density at radius 2 is 2.00 bits per heavy atom. The zero-order valence-corrected chi connectivity index (χ0v) is 17.7. The highest BCUT2D eigenvalue weighted by molar-refractivity contribution is 6.32. The van der Waals surface area contributed by atoms with Gasteiger partial charge in [0.05, 0.1) is 28.9 Å². The van der Waals surface area contributed by atoms with Crippen LogP contribution in [0.5, 0.6) is 5.75 Å². The first-order valence-electron chi connectivity index (χ1n) is 9.95. The smallest absolute Gasteiger partial charge is 0.271 e. The highest BCUT2D eigenvalue weighted by atomic mass is 35.5. The molecule has 0 unspecified atom stereocenters. The van der Waals surface area contributed by atoms with E-state index in [-0.39, 0.29) is 5.91 Å². The number of H-pyrrole nitrogens is 1. The number of hydrogen-bond acceptors (Lipinski definition) is 4. The van der Waals surface area contributed by atoms with Gasteiger partial charge in [-0.25, -0.2) is 10.4 Å². The maximum absolute atomic E-state index is 12.5. The number of benzene rings is 3. The third kappa shape index (κ3) is 4.92. The van der Waals surface area contributed by atoms with Gasteiger partial charge < -0.3 is 9.72 Å². The lowest BCUT2D eigenvalue weighted by molar-refractivity contribution is 0.0955. The van der Waals surface area contributed by atoms with Crippen LogP contribution >= 0.6 is 11.6 Å². The number of carbonyl (C=O) groups is 1. The van der Waals surface area contributed by atoms with E-state index in [2.05, 4.69) is 20.5 Å². The Morgan fingerprint density at radius 1 is 1.16 bits per heavy atom. The molecule has 7 heteroatoms. The molecule has 2 N–H and O–H groups in total. The molecule has 31 heavy (non-hydrogen) atoms. The summed E-state index contributed by atoms with van der Waals surface area (Å²) in [6.45, 7) is 2.64. The lowest BCUT2D eigenvalue weighted by atomic mass is 10.2. The van der Waals surface area contributed by atoms with Gasteiger partial charge in [-0.2, -0.15) is 5.10 Å². The van der Waals surface area contributed by atoms with Gasteiger partial charge in [-0.3, -0.25) is 4.79 Å². The van der Waals surface area contributed by atoms with Crippen molar-refractivity contribution >= 4 is 34.8 Å². The van der Waals surface area contributed by atoms with E-state index in [1.165, 1.54) is 6.21 Å². The Bertz CT molecular complexity index is 1240. The van der Waals surface area contributed by atoms with Gasteiger partial charge in [0.25, 0.3) is 5.91 Å². The fraction of sp³-hybridized carbons (Fsp3) is 0.125. The van der Waals surface area contributed by atoms with Gasteiger partial charge in [0, 0.05) is 11.1 Å². The van der Waals surface area contributed by atoms with Gasteiger partial charge >= 0.3 is 0 Å². The molecule has 0 aliphatic carbocycles. The van der Waals surface area contributed by atoms with Gasteiger partial charge in [-0.05, 0) is 48.4 Å². The number of rotatable bonds is 7. The highest BCUT2D eigenvalue weighted by Gasteiger charge is 2.09. The first kappa shape index (κ1) is 20.6. The van der Waals surface area contributed by atoms with Gasteiger partial charge in [0.1, 0.15) is 11.6 Å². The Labute approximate surface area is 184 Å². The number of fused-ring (bicyclic) bond motifs is 1. The van der Waals surface area contributed by atoms with Crippen molar-refractivity contribution in [1.29, 1.82) is 0 Å². The van der Waals surface area contributed by atoms with Crippen LogP contribution in [-0.2, 0) is 0 Å². The van der Waals surface area contributed by atoms with E-state index >= 15 is 0 Å². The predicted molar refractivity (Wildman–Crippen MR) is 124 cm³/mol. The molecule has 0 saturated carbocycles. The van der Waals surface area contributed by atoms with Crippen LogP contribution in [0.2, 0.25) is 5.02 Å².